The second kappa shape index (κ2) is 19.0. The predicted octanol–water partition coefficient (Wildman–Crippen LogP) is 6.15. The van der Waals surface area contributed by atoms with E-state index in [2.05, 4.69) is 70.6 Å². The number of carbonyl (C=O) groups is 4. The van der Waals surface area contributed by atoms with Crippen molar-refractivity contribution in [1.29, 1.82) is 0 Å². The minimum atomic E-state index is -1.02. The molecule has 6 bridgehead atoms. The van der Waals surface area contributed by atoms with Crippen LogP contribution >= 0.6 is 0 Å². The number of carbonyl (C=O) groups excluding carboxylic acids is 4. The molecule has 4 aromatic rings. The lowest BCUT2D eigenvalue weighted by molar-refractivity contribution is -0.155. The maximum atomic E-state index is 14.9. The summed E-state index contributed by atoms with van der Waals surface area (Å²) in [7, 11) is 1.69. The zero-order chi connectivity index (χ0) is 49.2. The summed E-state index contributed by atoms with van der Waals surface area (Å²) in [6.07, 6.45) is 7.47. The van der Waals surface area contributed by atoms with Crippen molar-refractivity contribution in [3.05, 3.63) is 71.5 Å². The van der Waals surface area contributed by atoms with E-state index in [4.69, 9.17) is 14.5 Å². The molecule has 5 aliphatic heterocycles. The lowest BCUT2D eigenvalue weighted by Gasteiger charge is -2.37. The fourth-order valence-electron chi connectivity index (χ4n) is 12.3. The Morgan fingerprint density at radius 2 is 1.80 bits per heavy atom. The number of aromatic nitrogens is 2. The van der Waals surface area contributed by atoms with Crippen molar-refractivity contribution in [3.8, 4) is 28.1 Å². The normalized spacial score (nSPS) is 26.9. The number of hydrazine groups is 1. The zero-order valence-electron chi connectivity index (χ0n) is 42.1. The molecule has 1 aliphatic carbocycles. The van der Waals surface area contributed by atoms with Crippen LogP contribution in [0.1, 0.15) is 103 Å². The molecule has 2 aromatic heterocycles. The Morgan fingerprint density at radius 3 is 2.56 bits per heavy atom. The summed E-state index contributed by atoms with van der Waals surface area (Å²) in [5.41, 5.74) is 9.91. The number of nitrogens with zero attached hydrogens (tertiary/aromatic N) is 5. The van der Waals surface area contributed by atoms with Crippen molar-refractivity contribution in [3.63, 3.8) is 0 Å². The lowest BCUT2D eigenvalue weighted by atomic mass is 9.84. The van der Waals surface area contributed by atoms with Crippen LogP contribution in [0.25, 0.3) is 33.3 Å². The molecule has 1 saturated carbocycles. The number of benzene rings is 2. The Kier molecular flexibility index (Phi) is 13.1. The fourth-order valence-corrected chi connectivity index (χ4v) is 12.3. The number of pyridine rings is 1. The summed E-state index contributed by atoms with van der Waals surface area (Å²) in [6, 6.07) is 13.8. The largest absolute Gasteiger partial charge is 0.508 e. The molecule has 10 rings (SSSR count). The van der Waals surface area contributed by atoms with E-state index < -0.39 is 29.5 Å². The molecule has 374 valence electrons. The first-order valence-corrected chi connectivity index (χ1v) is 25.9. The molecule has 7 heterocycles. The number of rotatable bonds is 10. The standard InChI is InChI=1S/C55H72N8O7/c1-8-62-44-16-15-36-27-40(44)41(49(62)39-11-9-19-56-45(39)33(4)69-7)28-54(5,6)31-70-53(68)42-12-10-20-63(59-42)51(66)43(25-34-23-37(36)26-38(64)24-34)57-50(65)48(32(2)3)60-21-17-55(29-60)18-22-61(30-55)52(67)47-46(58-47)35-13-14-35/h9,11,15-16,19,23-24,26-27,32-33,35,42-43,46-48,58-59,64H,8,10,12-14,17-18,20-22,25,28-31H2,1-7H3,(H,57,65)/t33-,42-,43-,46+,47+,48-,55-/m0/s1. The number of nitrogens with one attached hydrogen (secondary N) is 3. The van der Waals surface area contributed by atoms with Crippen LogP contribution in [0.5, 0.6) is 5.75 Å². The Morgan fingerprint density at radius 1 is 1.00 bits per heavy atom. The van der Waals surface area contributed by atoms with E-state index in [1.807, 2.05) is 37.8 Å². The maximum Gasteiger partial charge on any atom is 0.324 e. The van der Waals surface area contributed by atoms with E-state index in [9.17, 15) is 24.3 Å². The Balaban J connectivity index is 0.982. The van der Waals surface area contributed by atoms with Crippen molar-refractivity contribution >= 4 is 34.6 Å². The van der Waals surface area contributed by atoms with E-state index in [-0.39, 0.29) is 60.0 Å². The summed E-state index contributed by atoms with van der Waals surface area (Å²) < 4.78 is 14.3. The number of esters is 1. The molecule has 0 unspecified atom stereocenters. The van der Waals surface area contributed by atoms with Gasteiger partial charge in [-0.3, -0.25) is 39.4 Å². The van der Waals surface area contributed by atoms with Gasteiger partial charge in [-0.2, -0.15) is 0 Å². The number of phenols is 1. The highest BCUT2D eigenvalue weighted by Gasteiger charge is 2.55. The topological polar surface area (TPSA) is 181 Å². The quantitative estimate of drug-likeness (QED) is 0.106. The number of phenolic OH excluding ortho intramolecular Hbond substituents is 1. The molecule has 15 heteroatoms. The number of methoxy groups -OCH3 is 1. The van der Waals surface area contributed by atoms with Gasteiger partial charge >= 0.3 is 5.97 Å². The number of likely N-dealkylation sites (tertiary alicyclic amines) is 2. The number of aromatic hydroxyl groups is 1. The number of hydrogen-bond acceptors (Lipinski definition) is 11. The minimum Gasteiger partial charge on any atom is -0.508 e. The average molecular weight is 957 g/mol. The Labute approximate surface area is 412 Å². The first-order valence-electron chi connectivity index (χ1n) is 25.9. The van der Waals surface area contributed by atoms with Crippen LogP contribution in [-0.4, -0.2) is 130 Å². The molecular formula is C55H72N8O7. The highest BCUT2D eigenvalue weighted by Crippen LogP contribution is 2.45. The van der Waals surface area contributed by atoms with Gasteiger partial charge in [0, 0.05) is 85.8 Å². The molecule has 7 atom stereocenters. The molecule has 3 amide bonds. The molecule has 6 aliphatic rings. The van der Waals surface area contributed by atoms with Crippen LogP contribution in [0.2, 0.25) is 0 Å². The highest BCUT2D eigenvalue weighted by atomic mass is 16.5. The number of ether oxygens (including phenoxy) is 2. The molecule has 1 spiro atoms. The van der Waals surface area contributed by atoms with Gasteiger partial charge in [-0.1, -0.05) is 39.8 Å². The van der Waals surface area contributed by atoms with Gasteiger partial charge in [0.1, 0.15) is 23.9 Å². The molecule has 4 saturated heterocycles. The van der Waals surface area contributed by atoms with Crippen molar-refractivity contribution in [1.82, 2.24) is 40.4 Å². The average Bonchev–Trinajstić information content (AvgIpc) is 4.25. The first-order chi connectivity index (χ1) is 33.6. The van der Waals surface area contributed by atoms with E-state index in [0.29, 0.717) is 63.0 Å². The third-order valence-electron chi connectivity index (χ3n) is 16.2. The summed E-state index contributed by atoms with van der Waals surface area (Å²) in [4.78, 5) is 66.4. The van der Waals surface area contributed by atoms with Crippen molar-refractivity contribution in [2.75, 3.05) is 46.4 Å². The van der Waals surface area contributed by atoms with Gasteiger partial charge in [-0.05, 0) is 136 Å². The second-order valence-electron chi connectivity index (χ2n) is 22.5. The van der Waals surface area contributed by atoms with E-state index in [1.165, 1.54) is 17.9 Å². The maximum absolute atomic E-state index is 14.9. The molecule has 0 radical (unpaired) electrons. The van der Waals surface area contributed by atoms with Crippen LogP contribution in [-0.2, 0) is 48.0 Å². The van der Waals surface area contributed by atoms with Crippen molar-refractivity contribution in [2.45, 2.75) is 136 Å². The van der Waals surface area contributed by atoms with Gasteiger partial charge < -0.3 is 29.4 Å². The van der Waals surface area contributed by atoms with Crippen LogP contribution in [0.4, 0.5) is 0 Å². The zero-order valence-corrected chi connectivity index (χ0v) is 42.1. The number of hydrogen-bond donors (Lipinski definition) is 4. The summed E-state index contributed by atoms with van der Waals surface area (Å²) in [5.74, 6) is -0.192. The summed E-state index contributed by atoms with van der Waals surface area (Å²) >= 11 is 0. The van der Waals surface area contributed by atoms with E-state index >= 15 is 0 Å². The van der Waals surface area contributed by atoms with Crippen molar-refractivity contribution < 1.29 is 33.8 Å². The predicted molar refractivity (Wildman–Crippen MR) is 267 cm³/mol. The molecule has 70 heavy (non-hydrogen) atoms. The van der Waals surface area contributed by atoms with Gasteiger partial charge in [-0.25, -0.2) is 5.43 Å². The molecule has 2 aromatic carbocycles. The van der Waals surface area contributed by atoms with Gasteiger partial charge in [0.25, 0.3) is 5.91 Å². The fraction of sp³-hybridized carbons (Fsp3) is 0.582. The Bertz CT molecular complexity index is 2680. The molecule has 5 fully saturated rings. The SMILES string of the molecule is CCn1c(-c2cccnc2[C@H](C)OC)c2c3cc(ccc31)-c1cc(O)cc(c1)C[C@H](NC(=O)[C@H](C(C)C)N1CC[C@]3(CCN(C(=O)[C@@H]4N[C@@H]4C4CC4)C3)C1)C(=O)N1CCC[C@H](N1)C(=O)OCC(C)(C)C2. The third-order valence-corrected chi connectivity index (χ3v) is 16.2. The van der Waals surface area contributed by atoms with E-state index in [1.54, 1.807) is 25.4 Å². The number of fused-ring (bicyclic) bond motifs is 6. The van der Waals surface area contributed by atoms with Crippen LogP contribution in [0.15, 0.2) is 54.7 Å². The van der Waals surface area contributed by atoms with Gasteiger partial charge in [0.2, 0.25) is 11.8 Å². The third kappa shape index (κ3) is 9.46. The smallest absolute Gasteiger partial charge is 0.324 e. The van der Waals surface area contributed by atoms with Gasteiger partial charge in [0.15, 0.2) is 0 Å². The van der Waals surface area contributed by atoms with Gasteiger partial charge in [0.05, 0.1) is 30.1 Å². The molecule has 4 N–H and O–H groups in total. The Hall–Kier alpha value is -5.35. The minimum absolute atomic E-state index is 0.0461. The number of cyclic esters (lactones) is 1. The summed E-state index contributed by atoms with van der Waals surface area (Å²) in [6.45, 7) is 16.5. The number of amides is 3. The first kappa shape index (κ1) is 48.3. The van der Waals surface area contributed by atoms with E-state index in [0.717, 1.165) is 70.5 Å². The monoisotopic (exact) mass is 957 g/mol. The van der Waals surface area contributed by atoms with Crippen LogP contribution < -0.4 is 16.1 Å². The van der Waals surface area contributed by atoms with Crippen molar-refractivity contribution in [2.24, 2.45) is 22.7 Å². The summed E-state index contributed by atoms with van der Waals surface area (Å²) in [5, 5.41) is 20.6. The van der Waals surface area contributed by atoms with Gasteiger partial charge in [-0.15, -0.1) is 0 Å². The highest BCUT2D eigenvalue weighted by molar-refractivity contribution is 5.96. The number of aryl methyl sites for hydroxylation is 1. The van der Waals surface area contributed by atoms with Crippen LogP contribution in [0, 0.1) is 22.7 Å². The second-order valence-corrected chi connectivity index (χ2v) is 22.5. The molecule has 15 nitrogen and oxygen atoms in total. The molecular weight excluding hydrogens is 885 g/mol. The lowest BCUT2D eigenvalue weighted by Crippen LogP contribution is -2.62. The van der Waals surface area contributed by atoms with Crippen LogP contribution in [0.3, 0.4) is 0 Å².